The van der Waals surface area contributed by atoms with Crippen LogP contribution < -0.4 is 0 Å². The van der Waals surface area contributed by atoms with Crippen molar-refractivity contribution in [2.24, 2.45) is 5.41 Å². The van der Waals surface area contributed by atoms with Gasteiger partial charge in [0.05, 0.1) is 17.6 Å². The molecule has 0 unspecified atom stereocenters. The van der Waals surface area contributed by atoms with Crippen molar-refractivity contribution in [3.05, 3.63) is 66.0 Å². The molecule has 0 aliphatic carbocycles. The number of imidazole rings is 1. The van der Waals surface area contributed by atoms with E-state index in [9.17, 15) is 0 Å². The monoisotopic (exact) mass is 374 g/mol. The molecule has 0 bridgehead atoms. The molecule has 28 heavy (non-hydrogen) atoms. The second-order valence-electron chi connectivity index (χ2n) is 8.78. The molecule has 5 rings (SSSR count). The van der Waals surface area contributed by atoms with Gasteiger partial charge in [-0.05, 0) is 61.9 Å². The summed E-state index contributed by atoms with van der Waals surface area (Å²) < 4.78 is 0. The zero-order valence-corrected chi connectivity index (χ0v) is 16.6. The van der Waals surface area contributed by atoms with Gasteiger partial charge in [0.15, 0.2) is 0 Å². The number of aromatic nitrogens is 2. The van der Waals surface area contributed by atoms with Gasteiger partial charge in [-0.1, -0.05) is 42.5 Å². The first-order chi connectivity index (χ1) is 13.8. The van der Waals surface area contributed by atoms with Crippen molar-refractivity contribution in [3.63, 3.8) is 0 Å². The van der Waals surface area contributed by atoms with Crippen LogP contribution in [0.15, 0.2) is 54.6 Å². The molecule has 0 saturated carbocycles. The van der Waals surface area contributed by atoms with Gasteiger partial charge in [-0.15, -0.1) is 0 Å². The highest BCUT2D eigenvalue weighted by molar-refractivity contribution is 5.74. The van der Waals surface area contributed by atoms with Crippen LogP contribution in [0.2, 0.25) is 0 Å². The number of aromatic amines is 1. The molecular formula is C24H30N4. The Balaban J connectivity index is 1.19. The van der Waals surface area contributed by atoms with Crippen LogP contribution in [-0.4, -0.2) is 52.5 Å². The molecule has 2 aliphatic heterocycles. The van der Waals surface area contributed by atoms with Crippen LogP contribution in [0, 0.1) is 5.41 Å². The minimum Gasteiger partial charge on any atom is -0.341 e. The van der Waals surface area contributed by atoms with E-state index in [1.807, 2.05) is 0 Å². The van der Waals surface area contributed by atoms with Gasteiger partial charge in [0.25, 0.3) is 0 Å². The molecule has 0 radical (unpaired) electrons. The van der Waals surface area contributed by atoms with Crippen LogP contribution >= 0.6 is 0 Å². The molecule has 1 N–H and O–H groups in total. The number of piperidine rings is 1. The molecule has 2 aliphatic rings. The SMILES string of the molecule is c1ccc(CCN2CCC[C@@]3(CCN(Cc4nc5ccccc5[nH]4)C3)C2)cc1. The normalized spacial score (nSPS) is 23.7. The zero-order valence-electron chi connectivity index (χ0n) is 16.6. The quantitative estimate of drug-likeness (QED) is 0.730. The Morgan fingerprint density at radius 1 is 0.893 bits per heavy atom. The Labute approximate surface area is 167 Å². The largest absolute Gasteiger partial charge is 0.341 e. The van der Waals surface area contributed by atoms with Gasteiger partial charge in [-0.25, -0.2) is 4.98 Å². The fraction of sp³-hybridized carbons (Fsp3) is 0.458. The molecule has 3 heterocycles. The van der Waals surface area contributed by atoms with Gasteiger partial charge in [0, 0.05) is 19.6 Å². The molecule has 2 aromatic carbocycles. The summed E-state index contributed by atoms with van der Waals surface area (Å²) in [6, 6.07) is 19.3. The van der Waals surface area contributed by atoms with Gasteiger partial charge >= 0.3 is 0 Å². The molecule has 4 nitrogen and oxygen atoms in total. The first-order valence-electron chi connectivity index (χ1n) is 10.7. The minimum absolute atomic E-state index is 0.487. The van der Waals surface area contributed by atoms with E-state index in [2.05, 4.69) is 69.4 Å². The summed E-state index contributed by atoms with van der Waals surface area (Å²) in [5, 5.41) is 0. The van der Waals surface area contributed by atoms with Crippen molar-refractivity contribution >= 4 is 11.0 Å². The molecule has 2 saturated heterocycles. The van der Waals surface area contributed by atoms with Crippen molar-refractivity contribution in [1.29, 1.82) is 0 Å². The van der Waals surface area contributed by atoms with Gasteiger partial charge in [0.1, 0.15) is 5.82 Å². The molecular weight excluding hydrogens is 344 g/mol. The van der Waals surface area contributed by atoms with Crippen molar-refractivity contribution in [1.82, 2.24) is 19.8 Å². The van der Waals surface area contributed by atoms with E-state index >= 15 is 0 Å². The lowest BCUT2D eigenvalue weighted by molar-refractivity contribution is 0.0925. The lowest BCUT2D eigenvalue weighted by Crippen LogP contribution is -2.45. The van der Waals surface area contributed by atoms with Crippen LogP contribution in [-0.2, 0) is 13.0 Å². The maximum atomic E-state index is 4.78. The lowest BCUT2D eigenvalue weighted by atomic mass is 9.79. The van der Waals surface area contributed by atoms with E-state index in [1.54, 1.807) is 0 Å². The number of H-pyrrole nitrogens is 1. The number of nitrogens with one attached hydrogen (secondary N) is 1. The summed E-state index contributed by atoms with van der Waals surface area (Å²) >= 11 is 0. The topological polar surface area (TPSA) is 35.2 Å². The van der Waals surface area contributed by atoms with Crippen molar-refractivity contribution in [2.45, 2.75) is 32.2 Å². The summed E-state index contributed by atoms with van der Waals surface area (Å²) in [4.78, 5) is 13.6. The number of fused-ring (bicyclic) bond motifs is 1. The Kier molecular flexibility index (Phi) is 4.91. The maximum Gasteiger partial charge on any atom is 0.121 e. The van der Waals surface area contributed by atoms with Crippen LogP contribution in [0.3, 0.4) is 0 Å². The van der Waals surface area contributed by atoms with Crippen molar-refractivity contribution in [3.8, 4) is 0 Å². The molecule has 4 heteroatoms. The second kappa shape index (κ2) is 7.69. The Morgan fingerprint density at radius 2 is 1.71 bits per heavy atom. The van der Waals surface area contributed by atoms with Gasteiger partial charge in [-0.2, -0.15) is 0 Å². The third-order valence-electron chi connectivity index (χ3n) is 6.63. The summed E-state index contributed by atoms with van der Waals surface area (Å²) in [6.45, 7) is 7.07. The highest BCUT2D eigenvalue weighted by Crippen LogP contribution is 2.39. The van der Waals surface area contributed by atoms with Crippen LogP contribution in [0.25, 0.3) is 11.0 Å². The third-order valence-corrected chi connectivity index (χ3v) is 6.63. The summed E-state index contributed by atoms with van der Waals surface area (Å²) in [5.41, 5.74) is 4.17. The van der Waals surface area contributed by atoms with E-state index in [0.29, 0.717) is 5.41 Å². The number of rotatable bonds is 5. The highest BCUT2D eigenvalue weighted by Gasteiger charge is 2.41. The second-order valence-corrected chi connectivity index (χ2v) is 8.78. The first-order valence-corrected chi connectivity index (χ1v) is 10.7. The fourth-order valence-electron chi connectivity index (χ4n) is 5.22. The van der Waals surface area contributed by atoms with E-state index in [-0.39, 0.29) is 0 Å². The number of likely N-dealkylation sites (tertiary alicyclic amines) is 2. The standard InChI is InChI=1S/C24H30N4/c1-2-7-20(8-3-1)11-15-27-14-6-12-24(18-27)13-16-28(19-24)17-23-25-21-9-4-5-10-22(21)26-23/h1-5,7-10H,6,11-19H2,(H,25,26)/t24-/m1/s1. The number of nitrogens with zero attached hydrogens (tertiary/aromatic N) is 3. The molecule has 146 valence electrons. The lowest BCUT2D eigenvalue weighted by Gasteiger charge is -2.40. The zero-order chi connectivity index (χ0) is 18.8. The molecule has 1 spiro atoms. The summed E-state index contributed by atoms with van der Waals surface area (Å²) in [5.74, 6) is 1.11. The molecule has 2 fully saturated rings. The summed E-state index contributed by atoms with van der Waals surface area (Å²) in [6.07, 6.45) is 5.22. The number of para-hydroxylation sites is 2. The fourth-order valence-corrected chi connectivity index (χ4v) is 5.22. The Bertz CT molecular complexity index is 886. The Hall–Kier alpha value is -2.17. The van der Waals surface area contributed by atoms with E-state index < -0.39 is 0 Å². The van der Waals surface area contributed by atoms with E-state index in [4.69, 9.17) is 4.98 Å². The molecule has 1 atom stereocenters. The maximum absolute atomic E-state index is 4.78. The minimum atomic E-state index is 0.487. The average Bonchev–Trinajstić information content (AvgIpc) is 3.31. The summed E-state index contributed by atoms with van der Waals surface area (Å²) in [7, 11) is 0. The van der Waals surface area contributed by atoms with Gasteiger partial charge in [0.2, 0.25) is 0 Å². The van der Waals surface area contributed by atoms with Gasteiger partial charge in [-0.3, -0.25) is 4.90 Å². The van der Waals surface area contributed by atoms with Gasteiger partial charge < -0.3 is 9.88 Å². The molecule has 0 amide bonds. The van der Waals surface area contributed by atoms with Crippen LogP contribution in [0.4, 0.5) is 0 Å². The van der Waals surface area contributed by atoms with Crippen molar-refractivity contribution < 1.29 is 0 Å². The van der Waals surface area contributed by atoms with E-state index in [0.717, 1.165) is 23.4 Å². The molecule has 3 aromatic rings. The van der Waals surface area contributed by atoms with E-state index in [1.165, 1.54) is 64.0 Å². The van der Waals surface area contributed by atoms with Crippen LogP contribution in [0.5, 0.6) is 0 Å². The van der Waals surface area contributed by atoms with Crippen molar-refractivity contribution in [2.75, 3.05) is 32.7 Å². The Morgan fingerprint density at radius 3 is 2.61 bits per heavy atom. The average molecular weight is 375 g/mol. The third kappa shape index (κ3) is 3.85. The smallest absolute Gasteiger partial charge is 0.121 e. The molecule has 1 aromatic heterocycles. The number of benzene rings is 2. The first kappa shape index (κ1) is 17.9. The highest BCUT2D eigenvalue weighted by atomic mass is 15.2. The predicted molar refractivity (Wildman–Crippen MR) is 114 cm³/mol. The number of hydrogen-bond donors (Lipinski definition) is 1. The number of hydrogen-bond acceptors (Lipinski definition) is 3. The van der Waals surface area contributed by atoms with Crippen LogP contribution in [0.1, 0.15) is 30.7 Å². The predicted octanol–water partition coefficient (Wildman–Crippen LogP) is 4.09.